The molecule has 2 fully saturated rings. The number of halogens is 1. The molecule has 2 aromatic heterocycles. The van der Waals surface area contributed by atoms with E-state index in [9.17, 15) is 9.18 Å². The maximum absolute atomic E-state index is 14.9. The van der Waals surface area contributed by atoms with Crippen molar-refractivity contribution in [3.05, 3.63) is 35.9 Å². The molecule has 3 aliphatic rings. The van der Waals surface area contributed by atoms with E-state index >= 15 is 0 Å². The molecule has 1 saturated heterocycles. The Morgan fingerprint density at radius 1 is 1.26 bits per heavy atom. The Balaban J connectivity index is 1.27. The number of hydrogen-bond acceptors (Lipinski definition) is 7. The summed E-state index contributed by atoms with van der Waals surface area (Å²) in [7, 11) is 0. The highest BCUT2D eigenvalue weighted by molar-refractivity contribution is 5.69. The number of piperidine rings is 1. The number of pyridine rings is 1. The largest absolute Gasteiger partial charge is 0.471 e. The number of carbonyl (C=O) groups is 1. The average molecular weight is 427 g/mol. The van der Waals surface area contributed by atoms with Crippen molar-refractivity contribution in [2.75, 3.05) is 24.5 Å². The number of anilines is 2. The fourth-order valence-corrected chi connectivity index (χ4v) is 4.12. The summed E-state index contributed by atoms with van der Waals surface area (Å²) < 4.78 is 26.3. The molecule has 0 N–H and O–H groups in total. The fourth-order valence-electron chi connectivity index (χ4n) is 4.12. The highest BCUT2D eigenvalue weighted by Gasteiger charge is 2.44. The fraction of sp³-hybridized carbons (Fsp3) is 0.545. The highest BCUT2D eigenvalue weighted by Crippen LogP contribution is 2.39. The first-order valence-corrected chi connectivity index (χ1v) is 10.8. The molecule has 0 unspecified atom stereocenters. The number of aromatic nitrogens is 3. The summed E-state index contributed by atoms with van der Waals surface area (Å²) in [5.74, 6) is 1.11. The van der Waals surface area contributed by atoms with Gasteiger partial charge in [0, 0.05) is 32.1 Å². The molecule has 0 bridgehead atoms. The molecule has 2 aromatic rings. The van der Waals surface area contributed by atoms with Gasteiger partial charge < -0.3 is 19.3 Å². The molecule has 1 aliphatic carbocycles. The van der Waals surface area contributed by atoms with Crippen molar-refractivity contribution < 1.29 is 18.7 Å². The summed E-state index contributed by atoms with van der Waals surface area (Å²) in [5.41, 5.74) is 2.45. The molecule has 0 aromatic carbocycles. The predicted molar refractivity (Wildman–Crippen MR) is 111 cm³/mol. The topological polar surface area (TPSA) is 80.7 Å². The van der Waals surface area contributed by atoms with Gasteiger partial charge in [0.25, 0.3) is 0 Å². The zero-order valence-electron chi connectivity index (χ0n) is 17.8. The third-order valence-corrected chi connectivity index (χ3v) is 6.29. The van der Waals surface area contributed by atoms with E-state index < -0.39 is 18.4 Å². The van der Waals surface area contributed by atoms with Crippen LogP contribution in [0.25, 0.3) is 0 Å². The minimum Gasteiger partial charge on any atom is -0.471 e. The molecule has 31 heavy (non-hydrogen) atoms. The number of alkyl halides is 1. The van der Waals surface area contributed by atoms with Crippen LogP contribution in [0, 0.1) is 6.92 Å². The van der Waals surface area contributed by atoms with Gasteiger partial charge in [0.15, 0.2) is 6.17 Å². The number of amides is 1. The Kier molecular flexibility index (Phi) is 4.91. The summed E-state index contributed by atoms with van der Waals surface area (Å²) in [6.45, 7) is 4.91. The van der Waals surface area contributed by atoms with Crippen LogP contribution in [0.5, 0.6) is 5.88 Å². The number of fused-ring (bicyclic) bond motifs is 1. The minimum absolute atomic E-state index is 0.0399. The third kappa shape index (κ3) is 3.88. The number of ether oxygens (including phenoxy) is 2. The van der Waals surface area contributed by atoms with Crippen molar-refractivity contribution in [3.63, 3.8) is 0 Å². The Bertz CT molecular complexity index is 999. The first-order valence-electron chi connectivity index (χ1n) is 10.8. The lowest BCUT2D eigenvalue weighted by molar-refractivity contribution is 0.00202. The van der Waals surface area contributed by atoms with Crippen molar-refractivity contribution in [1.29, 1.82) is 0 Å². The van der Waals surface area contributed by atoms with Crippen LogP contribution < -0.4 is 9.64 Å². The summed E-state index contributed by atoms with van der Waals surface area (Å²) in [6.07, 6.45) is 3.76. The molecule has 164 valence electrons. The summed E-state index contributed by atoms with van der Waals surface area (Å²) in [5, 5.41) is 0. The molecule has 0 radical (unpaired) electrons. The van der Waals surface area contributed by atoms with Crippen LogP contribution in [0.3, 0.4) is 0 Å². The van der Waals surface area contributed by atoms with Gasteiger partial charge in [-0.1, -0.05) is 0 Å². The van der Waals surface area contributed by atoms with Crippen LogP contribution in [-0.4, -0.2) is 63.5 Å². The molecule has 5 rings (SSSR count). The van der Waals surface area contributed by atoms with E-state index in [1.54, 1.807) is 6.20 Å². The number of hydrogen-bond donors (Lipinski definition) is 0. The SMILES string of the molecule is Cc1c(O[C@@H]2CCN(C(=O)OC3(C)CC3)C[C@@H]2F)ncnc1N1CCc2ncccc21. The van der Waals surface area contributed by atoms with Crippen LogP contribution in [0.2, 0.25) is 0 Å². The Morgan fingerprint density at radius 3 is 2.87 bits per heavy atom. The standard InChI is InChI=1S/C22H26FN5O3/c1-14-19(28-11-5-16-17(28)4-3-9-24-16)25-13-26-20(14)30-18-6-10-27(12-15(18)23)21(29)31-22(2)7-8-22/h3-4,9,13,15,18H,5-8,10-12H2,1-2H3/t15-,18+/m0/s1. The highest BCUT2D eigenvalue weighted by atomic mass is 19.1. The third-order valence-electron chi connectivity index (χ3n) is 6.29. The van der Waals surface area contributed by atoms with E-state index in [4.69, 9.17) is 9.47 Å². The molecule has 1 saturated carbocycles. The van der Waals surface area contributed by atoms with Gasteiger partial charge in [-0.2, -0.15) is 0 Å². The van der Waals surface area contributed by atoms with Crippen molar-refractivity contribution in [2.45, 2.75) is 57.4 Å². The number of carbonyl (C=O) groups excluding carboxylic acids is 1. The van der Waals surface area contributed by atoms with Crippen molar-refractivity contribution in [1.82, 2.24) is 19.9 Å². The average Bonchev–Trinajstić information content (AvgIpc) is 3.32. The van der Waals surface area contributed by atoms with Gasteiger partial charge in [-0.15, -0.1) is 0 Å². The van der Waals surface area contributed by atoms with Crippen LogP contribution in [0.15, 0.2) is 24.7 Å². The van der Waals surface area contributed by atoms with E-state index in [0.29, 0.717) is 18.8 Å². The number of nitrogens with zero attached hydrogens (tertiary/aromatic N) is 5. The van der Waals surface area contributed by atoms with Gasteiger partial charge in [-0.3, -0.25) is 4.98 Å². The molecular weight excluding hydrogens is 401 g/mol. The van der Waals surface area contributed by atoms with Crippen LogP contribution in [-0.2, 0) is 11.2 Å². The summed E-state index contributed by atoms with van der Waals surface area (Å²) in [6, 6.07) is 3.92. The van der Waals surface area contributed by atoms with E-state index in [1.165, 1.54) is 11.2 Å². The summed E-state index contributed by atoms with van der Waals surface area (Å²) >= 11 is 0. The lowest BCUT2D eigenvalue weighted by atomic mass is 10.1. The zero-order chi connectivity index (χ0) is 21.6. The lowest BCUT2D eigenvalue weighted by Gasteiger charge is -2.34. The maximum Gasteiger partial charge on any atom is 0.410 e. The van der Waals surface area contributed by atoms with Gasteiger partial charge >= 0.3 is 6.09 Å². The van der Waals surface area contributed by atoms with Gasteiger partial charge in [-0.25, -0.2) is 19.2 Å². The molecular formula is C22H26FN5O3. The van der Waals surface area contributed by atoms with Crippen LogP contribution in [0.1, 0.15) is 37.4 Å². The quantitative estimate of drug-likeness (QED) is 0.740. The predicted octanol–water partition coefficient (Wildman–Crippen LogP) is 3.35. The normalized spacial score (nSPS) is 24.0. The molecule has 1 amide bonds. The second kappa shape index (κ2) is 7.62. The smallest absolute Gasteiger partial charge is 0.410 e. The molecule has 4 heterocycles. The Morgan fingerprint density at radius 2 is 2.10 bits per heavy atom. The second-order valence-corrected chi connectivity index (χ2v) is 8.72. The molecule has 2 atom stereocenters. The molecule has 8 nitrogen and oxygen atoms in total. The van der Waals surface area contributed by atoms with E-state index in [2.05, 4.69) is 19.9 Å². The molecule has 9 heteroatoms. The Labute approximate surface area is 180 Å². The Hall–Kier alpha value is -2.97. The van der Waals surface area contributed by atoms with Gasteiger partial charge in [0.05, 0.1) is 23.5 Å². The molecule has 0 spiro atoms. The van der Waals surface area contributed by atoms with Gasteiger partial charge in [-0.05, 0) is 38.8 Å². The first kappa shape index (κ1) is 20.0. The number of likely N-dealkylation sites (tertiary alicyclic amines) is 1. The number of rotatable bonds is 4. The van der Waals surface area contributed by atoms with Crippen molar-refractivity contribution >= 4 is 17.6 Å². The molecule has 2 aliphatic heterocycles. The van der Waals surface area contributed by atoms with E-state index in [0.717, 1.165) is 48.6 Å². The first-order chi connectivity index (χ1) is 14.9. The monoisotopic (exact) mass is 427 g/mol. The van der Waals surface area contributed by atoms with Gasteiger partial charge in [0.1, 0.15) is 23.9 Å². The summed E-state index contributed by atoms with van der Waals surface area (Å²) in [4.78, 5) is 28.9. The minimum atomic E-state index is -1.32. The van der Waals surface area contributed by atoms with E-state index in [-0.39, 0.29) is 12.1 Å². The lowest BCUT2D eigenvalue weighted by Crippen LogP contribution is -2.50. The van der Waals surface area contributed by atoms with Crippen LogP contribution in [0.4, 0.5) is 20.7 Å². The van der Waals surface area contributed by atoms with Gasteiger partial charge in [0.2, 0.25) is 5.88 Å². The van der Waals surface area contributed by atoms with Crippen LogP contribution >= 0.6 is 0 Å². The van der Waals surface area contributed by atoms with Crippen molar-refractivity contribution in [3.8, 4) is 5.88 Å². The second-order valence-electron chi connectivity index (χ2n) is 8.72. The zero-order valence-corrected chi connectivity index (χ0v) is 17.8. The van der Waals surface area contributed by atoms with Crippen molar-refractivity contribution in [2.24, 2.45) is 0 Å². The van der Waals surface area contributed by atoms with E-state index in [1.807, 2.05) is 26.0 Å². The maximum atomic E-state index is 14.9.